The number of hydrogen-bond donors (Lipinski definition) is 1. The van der Waals surface area contributed by atoms with E-state index in [0.717, 1.165) is 6.42 Å². The highest BCUT2D eigenvalue weighted by Gasteiger charge is 2.09. The van der Waals surface area contributed by atoms with E-state index in [2.05, 4.69) is 38.1 Å². The average molecular weight is 277 g/mol. The van der Waals surface area contributed by atoms with Crippen LogP contribution in [-0.4, -0.2) is 35.6 Å². The van der Waals surface area contributed by atoms with Gasteiger partial charge < -0.3 is 10.0 Å². The average Bonchev–Trinajstić information content (AvgIpc) is 2.42. The van der Waals surface area contributed by atoms with Crippen molar-refractivity contribution >= 4 is 5.91 Å². The highest BCUT2D eigenvalue weighted by molar-refractivity contribution is 5.76. The van der Waals surface area contributed by atoms with Gasteiger partial charge in [0, 0.05) is 20.0 Å². The molecule has 1 rings (SSSR count). The minimum atomic E-state index is -0.353. The maximum atomic E-state index is 11.9. The van der Waals surface area contributed by atoms with Gasteiger partial charge in [-0.25, -0.2) is 0 Å². The van der Waals surface area contributed by atoms with Crippen LogP contribution in [0.3, 0.4) is 0 Å². The molecule has 1 unspecified atom stereocenters. The van der Waals surface area contributed by atoms with Crippen molar-refractivity contribution in [2.75, 3.05) is 13.6 Å². The third-order valence-electron chi connectivity index (χ3n) is 3.58. The van der Waals surface area contributed by atoms with Crippen LogP contribution in [0.4, 0.5) is 0 Å². The summed E-state index contributed by atoms with van der Waals surface area (Å²) in [6, 6.07) is 8.50. The van der Waals surface area contributed by atoms with Crippen molar-refractivity contribution in [2.24, 2.45) is 0 Å². The molecule has 0 radical (unpaired) electrons. The molecule has 3 nitrogen and oxygen atoms in total. The molecule has 0 aliphatic carbocycles. The highest BCUT2D eigenvalue weighted by Crippen LogP contribution is 2.15. The second-order valence-electron chi connectivity index (χ2n) is 5.85. The van der Waals surface area contributed by atoms with E-state index in [0.29, 0.717) is 25.3 Å². The van der Waals surface area contributed by atoms with Crippen molar-refractivity contribution in [1.29, 1.82) is 0 Å². The topological polar surface area (TPSA) is 40.5 Å². The largest absolute Gasteiger partial charge is 0.393 e. The Hall–Kier alpha value is -1.35. The Bertz CT molecular complexity index is 410. The summed E-state index contributed by atoms with van der Waals surface area (Å²) in [5, 5.41) is 9.22. The minimum Gasteiger partial charge on any atom is -0.393 e. The van der Waals surface area contributed by atoms with Gasteiger partial charge in [-0.15, -0.1) is 0 Å². The lowest BCUT2D eigenvalue weighted by Crippen LogP contribution is -2.29. The van der Waals surface area contributed by atoms with Gasteiger partial charge in [-0.05, 0) is 36.8 Å². The van der Waals surface area contributed by atoms with Crippen LogP contribution in [0.2, 0.25) is 0 Å². The van der Waals surface area contributed by atoms with Gasteiger partial charge in [0.1, 0.15) is 0 Å². The fourth-order valence-corrected chi connectivity index (χ4v) is 2.02. The van der Waals surface area contributed by atoms with Crippen LogP contribution in [0.5, 0.6) is 0 Å². The van der Waals surface area contributed by atoms with Crippen molar-refractivity contribution in [1.82, 2.24) is 4.90 Å². The van der Waals surface area contributed by atoms with Crippen LogP contribution >= 0.6 is 0 Å². The number of carbonyl (C=O) groups is 1. The van der Waals surface area contributed by atoms with E-state index >= 15 is 0 Å². The Balaban J connectivity index is 2.40. The molecule has 1 amide bonds. The van der Waals surface area contributed by atoms with E-state index in [1.165, 1.54) is 11.1 Å². The predicted octanol–water partition coefficient (Wildman–Crippen LogP) is 2.97. The first-order valence-corrected chi connectivity index (χ1v) is 7.41. The zero-order chi connectivity index (χ0) is 15.1. The summed E-state index contributed by atoms with van der Waals surface area (Å²) in [6.07, 6.45) is 1.58. The fraction of sp³-hybridized carbons (Fsp3) is 0.588. The first-order valence-electron chi connectivity index (χ1n) is 7.41. The van der Waals surface area contributed by atoms with E-state index < -0.39 is 0 Å². The molecule has 0 spiro atoms. The van der Waals surface area contributed by atoms with Gasteiger partial charge in [0.15, 0.2) is 0 Å². The second-order valence-corrected chi connectivity index (χ2v) is 5.85. The molecule has 1 aromatic carbocycles. The molecule has 0 heterocycles. The molecule has 1 atom stereocenters. The lowest BCUT2D eigenvalue weighted by atomic mass is 10.0. The van der Waals surface area contributed by atoms with Gasteiger partial charge >= 0.3 is 0 Å². The van der Waals surface area contributed by atoms with E-state index in [1.807, 2.05) is 0 Å². The summed E-state index contributed by atoms with van der Waals surface area (Å²) in [5.41, 5.74) is 2.53. The molecule has 1 N–H and O–H groups in total. The quantitative estimate of drug-likeness (QED) is 0.832. The minimum absolute atomic E-state index is 0.138. The van der Waals surface area contributed by atoms with Gasteiger partial charge in [0.05, 0.1) is 6.10 Å². The number of aryl methyl sites for hydroxylation is 1. The Kier molecular flexibility index (Phi) is 6.73. The van der Waals surface area contributed by atoms with Crippen LogP contribution in [0.1, 0.15) is 50.7 Å². The van der Waals surface area contributed by atoms with Crippen LogP contribution in [-0.2, 0) is 11.2 Å². The first-order chi connectivity index (χ1) is 9.40. The number of aliphatic hydroxyl groups is 1. The molecular formula is C17H27NO2. The Morgan fingerprint density at radius 1 is 1.20 bits per heavy atom. The number of hydrogen-bond acceptors (Lipinski definition) is 2. The van der Waals surface area contributed by atoms with Crippen LogP contribution in [0.25, 0.3) is 0 Å². The summed E-state index contributed by atoms with van der Waals surface area (Å²) < 4.78 is 0. The van der Waals surface area contributed by atoms with Gasteiger partial charge in [0.25, 0.3) is 0 Å². The van der Waals surface area contributed by atoms with Gasteiger partial charge in [-0.2, -0.15) is 0 Å². The molecular weight excluding hydrogens is 250 g/mol. The Morgan fingerprint density at radius 3 is 2.30 bits per heavy atom. The van der Waals surface area contributed by atoms with E-state index in [9.17, 15) is 9.90 Å². The lowest BCUT2D eigenvalue weighted by Gasteiger charge is -2.18. The molecule has 0 saturated carbocycles. The summed E-state index contributed by atoms with van der Waals surface area (Å²) in [6.45, 7) is 6.71. The number of rotatable bonds is 7. The van der Waals surface area contributed by atoms with E-state index in [4.69, 9.17) is 0 Å². The standard InChI is InChI=1S/C17H27NO2/c1-13(2)16-8-5-15(6-9-16)7-10-17(20)18(4)12-11-14(3)19/h5-6,8-9,13-14,19H,7,10-12H2,1-4H3. The zero-order valence-corrected chi connectivity index (χ0v) is 13.1. The monoisotopic (exact) mass is 277 g/mol. The van der Waals surface area contributed by atoms with Crippen LogP contribution in [0, 0.1) is 0 Å². The predicted molar refractivity (Wildman–Crippen MR) is 82.8 cm³/mol. The molecule has 0 aliphatic heterocycles. The Labute approximate surface area is 122 Å². The van der Waals surface area contributed by atoms with Crippen LogP contribution < -0.4 is 0 Å². The van der Waals surface area contributed by atoms with Crippen molar-refractivity contribution < 1.29 is 9.90 Å². The third-order valence-corrected chi connectivity index (χ3v) is 3.58. The molecule has 112 valence electrons. The summed E-state index contributed by atoms with van der Waals surface area (Å²) in [5.74, 6) is 0.677. The SMILES string of the molecule is CC(O)CCN(C)C(=O)CCc1ccc(C(C)C)cc1. The maximum Gasteiger partial charge on any atom is 0.222 e. The van der Waals surface area contributed by atoms with Crippen LogP contribution in [0.15, 0.2) is 24.3 Å². The zero-order valence-electron chi connectivity index (χ0n) is 13.1. The van der Waals surface area contributed by atoms with Crippen molar-refractivity contribution in [3.63, 3.8) is 0 Å². The van der Waals surface area contributed by atoms with Gasteiger partial charge in [-0.1, -0.05) is 38.1 Å². The van der Waals surface area contributed by atoms with Crippen molar-refractivity contribution in [3.05, 3.63) is 35.4 Å². The molecule has 3 heteroatoms. The number of aliphatic hydroxyl groups excluding tert-OH is 1. The van der Waals surface area contributed by atoms with Gasteiger partial charge in [0.2, 0.25) is 5.91 Å². The molecule has 0 bridgehead atoms. The molecule has 0 aromatic heterocycles. The normalized spacial score (nSPS) is 12.5. The fourth-order valence-electron chi connectivity index (χ4n) is 2.02. The molecule has 0 saturated heterocycles. The summed E-state index contributed by atoms with van der Waals surface area (Å²) in [7, 11) is 1.80. The number of carbonyl (C=O) groups excluding carboxylic acids is 1. The Morgan fingerprint density at radius 2 is 1.80 bits per heavy atom. The van der Waals surface area contributed by atoms with E-state index in [-0.39, 0.29) is 12.0 Å². The molecule has 1 aromatic rings. The molecule has 0 fully saturated rings. The second kappa shape index (κ2) is 8.05. The number of nitrogens with zero attached hydrogens (tertiary/aromatic N) is 1. The summed E-state index contributed by atoms with van der Waals surface area (Å²) in [4.78, 5) is 13.7. The third kappa shape index (κ3) is 5.74. The number of benzene rings is 1. The first kappa shape index (κ1) is 16.7. The lowest BCUT2D eigenvalue weighted by molar-refractivity contribution is -0.130. The molecule has 20 heavy (non-hydrogen) atoms. The number of amides is 1. The van der Waals surface area contributed by atoms with Crippen molar-refractivity contribution in [3.8, 4) is 0 Å². The molecule has 0 aliphatic rings. The maximum absolute atomic E-state index is 11.9. The summed E-state index contributed by atoms with van der Waals surface area (Å²) >= 11 is 0. The van der Waals surface area contributed by atoms with Crippen molar-refractivity contribution in [2.45, 2.75) is 52.1 Å². The van der Waals surface area contributed by atoms with Gasteiger partial charge in [-0.3, -0.25) is 4.79 Å². The van der Waals surface area contributed by atoms with E-state index in [1.54, 1.807) is 18.9 Å². The smallest absolute Gasteiger partial charge is 0.222 e. The highest BCUT2D eigenvalue weighted by atomic mass is 16.3.